The quantitative estimate of drug-likeness (QED) is 0.367. The van der Waals surface area contributed by atoms with E-state index in [-0.39, 0.29) is 0 Å². The minimum Gasteiger partial charge on any atom is -0.382 e. The molecule has 0 aromatic heterocycles. The lowest BCUT2D eigenvalue weighted by Crippen LogP contribution is -2.41. The minimum atomic E-state index is -1.05. The largest absolute Gasteiger partial charge is 0.382 e. The van der Waals surface area contributed by atoms with Crippen molar-refractivity contribution in [3.05, 3.63) is 0 Å². The van der Waals surface area contributed by atoms with Gasteiger partial charge < -0.3 is 28.4 Å². The van der Waals surface area contributed by atoms with Gasteiger partial charge in [-0.3, -0.25) is 0 Å². The van der Waals surface area contributed by atoms with Crippen LogP contribution >= 0.6 is 0 Å². The van der Waals surface area contributed by atoms with Gasteiger partial charge in [0.05, 0.1) is 39.6 Å². The van der Waals surface area contributed by atoms with Crippen molar-refractivity contribution in [3.8, 4) is 0 Å². The lowest BCUT2D eigenvalue weighted by molar-refractivity contribution is -0.385. The van der Waals surface area contributed by atoms with Crippen LogP contribution < -0.4 is 0 Å². The smallest absolute Gasteiger partial charge is 0.282 e. The summed E-state index contributed by atoms with van der Waals surface area (Å²) < 4.78 is 31.7. The summed E-state index contributed by atoms with van der Waals surface area (Å²) in [7, 11) is 4.86. The second-order valence-corrected chi connectivity index (χ2v) is 3.56. The number of ether oxygens (including phenoxy) is 6. The summed E-state index contributed by atoms with van der Waals surface area (Å²) in [5.74, 6) is -1.05. The summed E-state index contributed by atoms with van der Waals surface area (Å²) in [6, 6.07) is 0. The summed E-state index contributed by atoms with van der Waals surface area (Å²) in [6.45, 7) is 4.63. The molecular formula is C12H26O6. The Morgan fingerprint density at radius 1 is 0.611 bits per heavy atom. The van der Waals surface area contributed by atoms with Crippen molar-refractivity contribution < 1.29 is 28.4 Å². The fourth-order valence-electron chi connectivity index (χ4n) is 1.27. The van der Waals surface area contributed by atoms with Crippen molar-refractivity contribution in [3.63, 3.8) is 0 Å². The standard InChI is InChI=1S/C12H26O6/c1-5-12(16-9-6-13-2,17-10-7-14-3)18-11-8-15-4/h5-11H2,1-4H3. The van der Waals surface area contributed by atoms with Gasteiger partial charge in [-0.25, -0.2) is 0 Å². The first-order chi connectivity index (χ1) is 8.74. The molecule has 0 saturated heterocycles. The molecule has 6 nitrogen and oxygen atoms in total. The van der Waals surface area contributed by atoms with Crippen LogP contribution in [0.25, 0.3) is 0 Å². The molecule has 0 spiro atoms. The first kappa shape index (κ1) is 17.8. The van der Waals surface area contributed by atoms with E-state index in [1.54, 1.807) is 21.3 Å². The van der Waals surface area contributed by atoms with Crippen LogP contribution in [0.4, 0.5) is 0 Å². The van der Waals surface area contributed by atoms with Gasteiger partial charge in [-0.1, -0.05) is 6.92 Å². The lowest BCUT2D eigenvalue weighted by atomic mass is 10.4. The maximum Gasteiger partial charge on any atom is 0.282 e. The van der Waals surface area contributed by atoms with Crippen molar-refractivity contribution in [2.75, 3.05) is 61.0 Å². The molecule has 0 aliphatic carbocycles. The van der Waals surface area contributed by atoms with Crippen LogP contribution in [0, 0.1) is 0 Å². The van der Waals surface area contributed by atoms with Gasteiger partial charge in [-0.05, 0) is 0 Å². The van der Waals surface area contributed by atoms with Gasteiger partial charge in [0.1, 0.15) is 0 Å². The van der Waals surface area contributed by atoms with Crippen LogP contribution in [0.5, 0.6) is 0 Å². The summed E-state index contributed by atoms with van der Waals surface area (Å²) in [4.78, 5) is 0. The van der Waals surface area contributed by atoms with E-state index in [9.17, 15) is 0 Å². The van der Waals surface area contributed by atoms with E-state index in [2.05, 4.69) is 0 Å². The molecule has 0 aromatic rings. The topological polar surface area (TPSA) is 55.4 Å². The van der Waals surface area contributed by atoms with Gasteiger partial charge in [0.25, 0.3) is 5.97 Å². The molecule has 0 amide bonds. The Morgan fingerprint density at radius 3 is 1.17 bits per heavy atom. The second-order valence-electron chi connectivity index (χ2n) is 3.56. The zero-order valence-corrected chi connectivity index (χ0v) is 11.9. The molecule has 0 saturated carbocycles. The number of rotatable bonds is 13. The van der Waals surface area contributed by atoms with E-state index < -0.39 is 5.97 Å². The highest BCUT2D eigenvalue weighted by Crippen LogP contribution is 2.19. The Bertz CT molecular complexity index is 149. The third kappa shape index (κ3) is 7.97. The van der Waals surface area contributed by atoms with Crippen molar-refractivity contribution in [2.45, 2.75) is 19.3 Å². The van der Waals surface area contributed by atoms with E-state index in [0.717, 1.165) is 0 Å². The Balaban J connectivity index is 4.20. The fraction of sp³-hybridized carbons (Fsp3) is 1.00. The summed E-state index contributed by atoms with van der Waals surface area (Å²) >= 11 is 0. The molecule has 0 atom stereocenters. The van der Waals surface area contributed by atoms with Crippen LogP contribution in [-0.2, 0) is 28.4 Å². The monoisotopic (exact) mass is 266 g/mol. The Morgan fingerprint density at radius 2 is 0.944 bits per heavy atom. The first-order valence-corrected chi connectivity index (χ1v) is 6.13. The fourth-order valence-corrected chi connectivity index (χ4v) is 1.27. The third-order valence-electron chi connectivity index (χ3n) is 2.26. The van der Waals surface area contributed by atoms with E-state index in [4.69, 9.17) is 28.4 Å². The first-order valence-electron chi connectivity index (χ1n) is 6.13. The van der Waals surface area contributed by atoms with Gasteiger partial charge >= 0.3 is 0 Å². The zero-order valence-electron chi connectivity index (χ0n) is 11.9. The van der Waals surface area contributed by atoms with Crippen molar-refractivity contribution in [1.29, 1.82) is 0 Å². The van der Waals surface area contributed by atoms with Crippen LogP contribution in [0.15, 0.2) is 0 Å². The molecule has 0 aliphatic heterocycles. The number of methoxy groups -OCH3 is 3. The van der Waals surface area contributed by atoms with Crippen LogP contribution in [0.3, 0.4) is 0 Å². The average Bonchev–Trinajstić information content (AvgIpc) is 2.39. The van der Waals surface area contributed by atoms with Gasteiger partial charge in [-0.15, -0.1) is 0 Å². The maximum absolute atomic E-state index is 5.63. The highest BCUT2D eigenvalue weighted by Gasteiger charge is 2.31. The molecule has 0 radical (unpaired) electrons. The molecule has 0 N–H and O–H groups in total. The van der Waals surface area contributed by atoms with E-state index in [0.29, 0.717) is 46.1 Å². The Kier molecular flexibility index (Phi) is 11.7. The SMILES string of the molecule is CCC(OCCOC)(OCCOC)OCCOC. The highest BCUT2D eigenvalue weighted by atomic mass is 16.9. The molecule has 0 heterocycles. The molecule has 6 heteroatoms. The molecule has 0 rings (SSSR count). The van der Waals surface area contributed by atoms with E-state index >= 15 is 0 Å². The summed E-state index contributed by atoms with van der Waals surface area (Å²) in [5, 5.41) is 0. The molecule has 0 aliphatic rings. The molecule has 0 unspecified atom stereocenters. The van der Waals surface area contributed by atoms with Gasteiger partial charge in [0.2, 0.25) is 0 Å². The van der Waals surface area contributed by atoms with Crippen LogP contribution in [0.1, 0.15) is 13.3 Å². The van der Waals surface area contributed by atoms with Crippen LogP contribution in [-0.4, -0.2) is 66.9 Å². The van der Waals surface area contributed by atoms with Gasteiger partial charge in [0, 0.05) is 27.8 Å². The molecule has 110 valence electrons. The van der Waals surface area contributed by atoms with Gasteiger partial charge in [-0.2, -0.15) is 0 Å². The summed E-state index contributed by atoms with van der Waals surface area (Å²) in [6.07, 6.45) is 0.574. The van der Waals surface area contributed by atoms with Crippen molar-refractivity contribution in [2.24, 2.45) is 0 Å². The molecular weight excluding hydrogens is 240 g/mol. The Hall–Kier alpha value is -0.240. The molecule has 0 fully saturated rings. The van der Waals surface area contributed by atoms with Crippen LogP contribution in [0.2, 0.25) is 0 Å². The number of hydrogen-bond acceptors (Lipinski definition) is 6. The summed E-state index contributed by atoms with van der Waals surface area (Å²) in [5.41, 5.74) is 0. The van der Waals surface area contributed by atoms with E-state index in [1.165, 1.54) is 0 Å². The predicted octanol–water partition coefficient (Wildman–Crippen LogP) is 1.04. The minimum absolute atomic E-state index is 0.407. The molecule has 18 heavy (non-hydrogen) atoms. The predicted molar refractivity (Wildman–Crippen MR) is 66.5 cm³/mol. The van der Waals surface area contributed by atoms with Gasteiger partial charge in [0.15, 0.2) is 0 Å². The highest BCUT2D eigenvalue weighted by molar-refractivity contribution is 4.56. The Labute approximate surface area is 109 Å². The normalized spacial score (nSPS) is 12.0. The lowest BCUT2D eigenvalue weighted by Gasteiger charge is -2.32. The van der Waals surface area contributed by atoms with E-state index in [1.807, 2.05) is 6.92 Å². The third-order valence-corrected chi connectivity index (χ3v) is 2.26. The number of hydrogen-bond donors (Lipinski definition) is 0. The zero-order chi connectivity index (χ0) is 13.7. The van der Waals surface area contributed by atoms with Crippen molar-refractivity contribution >= 4 is 0 Å². The van der Waals surface area contributed by atoms with Crippen molar-refractivity contribution in [1.82, 2.24) is 0 Å². The molecule has 0 aromatic carbocycles. The molecule has 0 bridgehead atoms. The average molecular weight is 266 g/mol. The maximum atomic E-state index is 5.63. The second kappa shape index (κ2) is 11.8.